The second-order valence-corrected chi connectivity index (χ2v) is 5.89. The average molecular weight is 329 g/mol. The van der Waals surface area contributed by atoms with Crippen molar-refractivity contribution < 1.29 is 19.1 Å². The van der Waals surface area contributed by atoms with Crippen LogP contribution in [0.15, 0.2) is 54.6 Å². The largest absolute Gasteiger partial charge is 0.479 e. The topological polar surface area (TPSA) is 66.4 Å². The molecule has 5 heteroatoms. The number of nitrogens with one attached hydrogen (secondary N) is 1. The van der Waals surface area contributed by atoms with Crippen molar-refractivity contribution in [2.24, 2.45) is 5.92 Å². The molecule has 0 aliphatic carbocycles. The minimum absolute atomic E-state index is 0.0305. The summed E-state index contributed by atoms with van der Waals surface area (Å²) in [5.74, 6) is -1.78. The highest BCUT2D eigenvalue weighted by molar-refractivity contribution is 5.84. The zero-order valence-electron chi connectivity index (χ0n) is 13.4. The third-order valence-electron chi connectivity index (χ3n) is 3.69. The van der Waals surface area contributed by atoms with Gasteiger partial charge in [0.25, 0.3) is 0 Å². The molecular weight excluding hydrogens is 309 g/mol. The fourth-order valence-electron chi connectivity index (χ4n) is 2.61. The summed E-state index contributed by atoms with van der Waals surface area (Å²) < 4.78 is 13.2. The van der Waals surface area contributed by atoms with E-state index >= 15 is 0 Å². The van der Waals surface area contributed by atoms with E-state index < -0.39 is 12.0 Å². The van der Waals surface area contributed by atoms with Crippen LogP contribution in [0.4, 0.5) is 4.39 Å². The number of hydrogen-bond donors (Lipinski definition) is 2. The maximum absolute atomic E-state index is 13.2. The molecule has 2 rings (SSSR count). The molecule has 2 atom stereocenters. The fourth-order valence-corrected chi connectivity index (χ4v) is 2.61. The van der Waals surface area contributed by atoms with E-state index in [2.05, 4.69) is 5.32 Å². The highest BCUT2D eigenvalue weighted by Crippen LogP contribution is 2.16. The molecule has 24 heavy (non-hydrogen) atoms. The Balaban J connectivity index is 1.94. The van der Waals surface area contributed by atoms with Gasteiger partial charge in [-0.3, -0.25) is 4.79 Å². The molecule has 1 amide bonds. The van der Waals surface area contributed by atoms with Crippen LogP contribution >= 0.6 is 0 Å². The zero-order chi connectivity index (χ0) is 17.5. The molecule has 0 saturated heterocycles. The van der Waals surface area contributed by atoms with E-state index in [1.54, 1.807) is 36.4 Å². The van der Waals surface area contributed by atoms with Crippen molar-refractivity contribution in [1.29, 1.82) is 0 Å². The van der Waals surface area contributed by atoms with Crippen molar-refractivity contribution >= 4 is 11.9 Å². The Kier molecular flexibility index (Phi) is 6.07. The van der Waals surface area contributed by atoms with Crippen molar-refractivity contribution in [3.63, 3.8) is 0 Å². The van der Waals surface area contributed by atoms with Crippen molar-refractivity contribution in [2.75, 3.05) is 0 Å². The van der Waals surface area contributed by atoms with E-state index in [0.717, 1.165) is 5.56 Å². The number of carboxylic acids is 1. The Morgan fingerprint density at radius 2 is 1.83 bits per heavy atom. The number of carboxylic acid groups (broad SMARTS) is 1. The predicted octanol–water partition coefficient (Wildman–Crippen LogP) is 3.34. The van der Waals surface area contributed by atoms with Gasteiger partial charge in [-0.25, -0.2) is 9.18 Å². The molecule has 0 spiro atoms. The van der Waals surface area contributed by atoms with Crippen LogP contribution in [0.5, 0.6) is 0 Å². The number of aliphatic carboxylic acids is 1. The number of halogens is 1. The molecule has 0 radical (unpaired) electrons. The summed E-state index contributed by atoms with van der Waals surface area (Å²) in [6.45, 7) is 1.88. The van der Waals surface area contributed by atoms with E-state index in [4.69, 9.17) is 0 Å². The lowest BCUT2D eigenvalue weighted by Gasteiger charge is -2.17. The van der Waals surface area contributed by atoms with Gasteiger partial charge >= 0.3 is 5.97 Å². The van der Waals surface area contributed by atoms with E-state index in [-0.39, 0.29) is 24.1 Å². The summed E-state index contributed by atoms with van der Waals surface area (Å²) in [7, 11) is 0. The van der Waals surface area contributed by atoms with Crippen LogP contribution in [0.25, 0.3) is 0 Å². The molecule has 0 aromatic heterocycles. The number of amides is 1. The van der Waals surface area contributed by atoms with Crippen LogP contribution in [0.1, 0.15) is 30.5 Å². The predicted molar refractivity (Wildman–Crippen MR) is 88.8 cm³/mol. The monoisotopic (exact) mass is 329 g/mol. The van der Waals surface area contributed by atoms with Gasteiger partial charge in [0.05, 0.1) is 0 Å². The summed E-state index contributed by atoms with van der Waals surface area (Å²) in [6, 6.07) is 13.7. The molecule has 0 aliphatic heterocycles. The van der Waals surface area contributed by atoms with Crippen LogP contribution < -0.4 is 5.32 Å². The normalized spacial score (nSPS) is 13.1. The first kappa shape index (κ1) is 17.7. The van der Waals surface area contributed by atoms with Gasteiger partial charge in [0.2, 0.25) is 5.91 Å². The Morgan fingerprint density at radius 1 is 1.12 bits per heavy atom. The molecule has 0 saturated carbocycles. The van der Waals surface area contributed by atoms with Crippen LogP contribution in [-0.2, 0) is 16.0 Å². The lowest BCUT2D eigenvalue weighted by Crippen LogP contribution is -2.34. The SMILES string of the molecule is CC(CC(=O)N[C@H](C(=O)O)c1ccccc1)Cc1cccc(F)c1. The molecule has 2 aromatic carbocycles. The van der Waals surface area contributed by atoms with Crippen LogP contribution in [0, 0.1) is 11.7 Å². The Bertz CT molecular complexity index is 703. The minimum Gasteiger partial charge on any atom is -0.479 e. The molecule has 126 valence electrons. The van der Waals surface area contributed by atoms with Gasteiger partial charge in [-0.1, -0.05) is 49.4 Å². The first-order valence-corrected chi connectivity index (χ1v) is 7.77. The van der Waals surface area contributed by atoms with E-state index in [9.17, 15) is 19.1 Å². The van der Waals surface area contributed by atoms with Gasteiger partial charge in [0.1, 0.15) is 5.82 Å². The van der Waals surface area contributed by atoms with Crippen molar-refractivity contribution in [3.8, 4) is 0 Å². The maximum Gasteiger partial charge on any atom is 0.330 e. The fraction of sp³-hybridized carbons (Fsp3) is 0.263. The van der Waals surface area contributed by atoms with Gasteiger partial charge in [0, 0.05) is 6.42 Å². The Morgan fingerprint density at radius 3 is 2.46 bits per heavy atom. The molecule has 0 fully saturated rings. The first-order chi connectivity index (χ1) is 11.5. The molecule has 0 aliphatic rings. The van der Waals surface area contributed by atoms with Crippen molar-refractivity contribution in [2.45, 2.75) is 25.8 Å². The Labute approximate surface area is 140 Å². The summed E-state index contributed by atoms with van der Waals surface area (Å²) in [6.07, 6.45) is 0.724. The van der Waals surface area contributed by atoms with E-state index in [0.29, 0.717) is 12.0 Å². The molecule has 0 bridgehead atoms. The van der Waals surface area contributed by atoms with Crippen LogP contribution in [0.3, 0.4) is 0 Å². The van der Waals surface area contributed by atoms with Gasteiger partial charge in [0.15, 0.2) is 6.04 Å². The first-order valence-electron chi connectivity index (χ1n) is 7.77. The number of carbonyl (C=O) groups is 2. The molecular formula is C19H20FNO3. The average Bonchev–Trinajstić information content (AvgIpc) is 2.53. The Hall–Kier alpha value is -2.69. The quantitative estimate of drug-likeness (QED) is 0.819. The number of carbonyl (C=O) groups excluding carboxylic acids is 1. The second kappa shape index (κ2) is 8.24. The van der Waals surface area contributed by atoms with Crippen molar-refractivity contribution in [1.82, 2.24) is 5.32 Å². The molecule has 2 N–H and O–H groups in total. The molecule has 0 heterocycles. The third-order valence-corrected chi connectivity index (χ3v) is 3.69. The number of benzene rings is 2. The molecule has 4 nitrogen and oxygen atoms in total. The highest BCUT2D eigenvalue weighted by atomic mass is 19.1. The van der Waals surface area contributed by atoms with Crippen molar-refractivity contribution in [3.05, 3.63) is 71.5 Å². The summed E-state index contributed by atoms with van der Waals surface area (Å²) >= 11 is 0. The molecule has 2 aromatic rings. The smallest absolute Gasteiger partial charge is 0.330 e. The lowest BCUT2D eigenvalue weighted by atomic mass is 9.97. The lowest BCUT2D eigenvalue weighted by molar-refractivity contribution is -0.142. The summed E-state index contributed by atoms with van der Waals surface area (Å²) in [4.78, 5) is 23.5. The molecule has 1 unspecified atom stereocenters. The van der Waals surface area contributed by atoms with Gasteiger partial charge in [-0.15, -0.1) is 0 Å². The van der Waals surface area contributed by atoms with E-state index in [1.807, 2.05) is 13.0 Å². The standard InChI is InChI=1S/C19H20FNO3/c1-13(10-14-6-5-9-16(20)12-14)11-17(22)21-18(19(23)24)15-7-3-2-4-8-15/h2-9,12-13,18H,10-11H2,1H3,(H,21,22)(H,23,24)/t13?,18-/m0/s1. The third kappa shape index (κ3) is 5.19. The number of rotatable bonds is 7. The van der Waals surface area contributed by atoms with Crippen LogP contribution in [0.2, 0.25) is 0 Å². The highest BCUT2D eigenvalue weighted by Gasteiger charge is 2.22. The van der Waals surface area contributed by atoms with Crippen LogP contribution in [-0.4, -0.2) is 17.0 Å². The minimum atomic E-state index is -1.10. The zero-order valence-corrected chi connectivity index (χ0v) is 13.4. The summed E-state index contributed by atoms with van der Waals surface area (Å²) in [5, 5.41) is 11.9. The van der Waals surface area contributed by atoms with Gasteiger partial charge < -0.3 is 10.4 Å². The van der Waals surface area contributed by atoms with Gasteiger partial charge in [-0.2, -0.15) is 0 Å². The second-order valence-electron chi connectivity index (χ2n) is 5.89. The summed E-state index contributed by atoms with van der Waals surface area (Å²) in [5.41, 5.74) is 1.34. The number of hydrogen-bond acceptors (Lipinski definition) is 2. The van der Waals surface area contributed by atoms with Gasteiger partial charge in [-0.05, 0) is 35.6 Å². The maximum atomic E-state index is 13.2. The van der Waals surface area contributed by atoms with E-state index in [1.165, 1.54) is 12.1 Å².